The first-order valence-electron chi connectivity index (χ1n) is 8.55. The number of guanidine groups is 1. The molecule has 1 saturated carbocycles. The summed E-state index contributed by atoms with van der Waals surface area (Å²) in [5.41, 5.74) is 0. The third kappa shape index (κ3) is 6.58. The maximum absolute atomic E-state index is 5.46. The van der Waals surface area contributed by atoms with Gasteiger partial charge in [0.05, 0.1) is 13.2 Å². The van der Waals surface area contributed by atoms with Crippen LogP contribution in [0.15, 0.2) is 4.99 Å². The zero-order valence-corrected chi connectivity index (χ0v) is 16.7. The van der Waals surface area contributed by atoms with E-state index in [9.17, 15) is 0 Å². The van der Waals surface area contributed by atoms with Crippen molar-refractivity contribution in [3.8, 4) is 0 Å². The molecule has 0 spiro atoms. The minimum atomic E-state index is 0. The minimum Gasteiger partial charge on any atom is -0.381 e. The van der Waals surface area contributed by atoms with Crippen LogP contribution in [0, 0.1) is 5.92 Å². The molecular formula is C16H33IN4O. The van der Waals surface area contributed by atoms with E-state index in [1.807, 2.05) is 0 Å². The van der Waals surface area contributed by atoms with Gasteiger partial charge in [0.2, 0.25) is 0 Å². The second kappa shape index (κ2) is 10.6. The number of hydrogen-bond acceptors (Lipinski definition) is 3. The van der Waals surface area contributed by atoms with Gasteiger partial charge >= 0.3 is 0 Å². The lowest BCUT2D eigenvalue weighted by atomic mass is 10.1. The summed E-state index contributed by atoms with van der Waals surface area (Å²) >= 11 is 0. The molecule has 0 aromatic heterocycles. The summed E-state index contributed by atoms with van der Waals surface area (Å²) in [6.07, 6.45) is 3.92. The number of likely N-dealkylation sites (N-methyl/N-ethyl adjacent to an activating group) is 1. The molecule has 0 aromatic carbocycles. The van der Waals surface area contributed by atoms with Gasteiger partial charge in [-0.05, 0) is 32.7 Å². The fraction of sp³-hybridized carbons (Fsp3) is 0.938. The lowest BCUT2D eigenvalue weighted by Gasteiger charge is -2.25. The maximum Gasteiger partial charge on any atom is 0.193 e. The van der Waals surface area contributed by atoms with E-state index in [-0.39, 0.29) is 24.0 Å². The SMILES string of the molecule is CCNC(=NCCN(CC)C1CC1)N(C)CC1CCOC1.I. The van der Waals surface area contributed by atoms with Gasteiger partial charge < -0.3 is 15.0 Å². The van der Waals surface area contributed by atoms with Crippen LogP contribution in [0.3, 0.4) is 0 Å². The molecular weight excluding hydrogens is 391 g/mol. The van der Waals surface area contributed by atoms with Crippen LogP contribution in [0.4, 0.5) is 0 Å². The largest absolute Gasteiger partial charge is 0.381 e. The maximum atomic E-state index is 5.46. The number of hydrogen-bond donors (Lipinski definition) is 1. The lowest BCUT2D eigenvalue weighted by Crippen LogP contribution is -2.42. The van der Waals surface area contributed by atoms with Crippen LogP contribution in [-0.4, -0.2) is 74.8 Å². The van der Waals surface area contributed by atoms with Crippen molar-refractivity contribution in [1.82, 2.24) is 15.1 Å². The smallest absolute Gasteiger partial charge is 0.193 e. The Labute approximate surface area is 152 Å². The second-order valence-electron chi connectivity index (χ2n) is 6.21. The Morgan fingerprint density at radius 1 is 1.27 bits per heavy atom. The molecule has 1 aliphatic heterocycles. The van der Waals surface area contributed by atoms with Gasteiger partial charge in [-0.2, -0.15) is 0 Å². The molecule has 0 radical (unpaired) electrons. The van der Waals surface area contributed by atoms with Crippen molar-refractivity contribution in [2.45, 2.75) is 39.2 Å². The van der Waals surface area contributed by atoms with Crippen LogP contribution < -0.4 is 5.32 Å². The summed E-state index contributed by atoms with van der Waals surface area (Å²) < 4.78 is 5.46. The molecule has 1 saturated heterocycles. The fourth-order valence-electron chi connectivity index (χ4n) is 2.99. The highest BCUT2D eigenvalue weighted by atomic mass is 127. The van der Waals surface area contributed by atoms with Crippen LogP contribution in [0.25, 0.3) is 0 Å². The Hall–Kier alpha value is -0.0800. The Morgan fingerprint density at radius 3 is 2.59 bits per heavy atom. The average molecular weight is 424 g/mol. The normalized spacial score (nSPS) is 21.8. The molecule has 22 heavy (non-hydrogen) atoms. The zero-order valence-electron chi connectivity index (χ0n) is 14.4. The van der Waals surface area contributed by atoms with Gasteiger partial charge in [-0.1, -0.05) is 6.92 Å². The quantitative estimate of drug-likeness (QED) is 0.368. The van der Waals surface area contributed by atoms with Gasteiger partial charge in [-0.15, -0.1) is 24.0 Å². The highest BCUT2D eigenvalue weighted by Gasteiger charge is 2.27. The van der Waals surface area contributed by atoms with Gasteiger partial charge in [0.15, 0.2) is 5.96 Å². The predicted octanol–water partition coefficient (Wildman–Crippen LogP) is 2.02. The first-order chi connectivity index (χ1) is 10.2. The molecule has 2 aliphatic rings. The summed E-state index contributed by atoms with van der Waals surface area (Å²) in [6.45, 7) is 11.3. The number of nitrogens with one attached hydrogen (secondary N) is 1. The molecule has 0 aromatic rings. The van der Waals surface area contributed by atoms with E-state index in [2.05, 4.69) is 36.0 Å². The molecule has 2 fully saturated rings. The first kappa shape index (κ1) is 20.0. The van der Waals surface area contributed by atoms with Gasteiger partial charge in [0, 0.05) is 45.2 Å². The fourth-order valence-corrected chi connectivity index (χ4v) is 2.99. The van der Waals surface area contributed by atoms with Crippen molar-refractivity contribution < 1.29 is 4.74 Å². The number of aliphatic imine (C=N–C) groups is 1. The zero-order chi connectivity index (χ0) is 15.1. The Balaban J connectivity index is 0.00000242. The van der Waals surface area contributed by atoms with Crippen molar-refractivity contribution in [3.63, 3.8) is 0 Å². The average Bonchev–Trinajstić information content (AvgIpc) is 3.20. The van der Waals surface area contributed by atoms with Crippen LogP contribution in [-0.2, 0) is 4.74 Å². The van der Waals surface area contributed by atoms with Crippen molar-refractivity contribution >= 4 is 29.9 Å². The van der Waals surface area contributed by atoms with Crippen LogP contribution >= 0.6 is 24.0 Å². The molecule has 0 amide bonds. The van der Waals surface area contributed by atoms with Gasteiger partial charge in [-0.25, -0.2) is 0 Å². The monoisotopic (exact) mass is 424 g/mol. The molecule has 130 valence electrons. The van der Waals surface area contributed by atoms with Crippen molar-refractivity contribution in [2.24, 2.45) is 10.9 Å². The van der Waals surface area contributed by atoms with Crippen LogP contribution in [0.5, 0.6) is 0 Å². The molecule has 5 nitrogen and oxygen atoms in total. The Morgan fingerprint density at radius 2 is 2.05 bits per heavy atom. The van der Waals surface area contributed by atoms with Crippen molar-refractivity contribution in [3.05, 3.63) is 0 Å². The highest BCUT2D eigenvalue weighted by molar-refractivity contribution is 14.0. The Bertz CT molecular complexity index is 330. The van der Waals surface area contributed by atoms with Crippen LogP contribution in [0.1, 0.15) is 33.1 Å². The second-order valence-corrected chi connectivity index (χ2v) is 6.21. The summed E-state index contributed by atoms with van der Waals surface area (Å²) in [5, 5.41) is 3.41. The number of halogens is 1. The first-order valence-corrected chi connectivity index (χ1v) is 8.55. The van der Waals surface area contributed by atoms with Gasteiger partial charge in [-0.3, -0.25) is 9.89 Å². The molecule has 0 bridgehead atoms. The molecule has 6 heteroatoms. The van der Waals surface area contributed by atoms with Crippen LogP contribution in [0.2, 0.25) is 0 Å². The van der Waals surface area contributed by atoms with E-state index >= 15 is 0 Å². The van der Waals surface area contributed by atoms with Gasteiger partial charge in [0.1, 0.15) is 0 Å². The molecule has 1 N–H and O–H groups in total. The predicted molar refractivity (Wildman–Crippen MR) is 103 cm³/mol. The summed E-state index contributed by atoms with van der Waals surface area (Å²) in [7, 11) is 2.14. The number of ether oxygens (including phenoxy) is 1. The third-order valence-electron chi connectivity index (χ3n) is 4.37. The highest BCUT2D eigenvalue weighted by Crippen LogP contribution is 2.25. The minimum absolute atomic E-state index is 0. The molecule has 1 aliphatic carbocycles. The van der Waals surface area contributed by atoms with Crippen molar-refractivity contribution in [1.29, 1.82) is 0 Å². The molecule has 2 rings (SSSR count). The Kier molecular flexibility index (Phi) is 9.66. The summed E-state index contributed by atoms with van der Waals surface area (Å²) in [4.78, 5) is 9.62. The molecule has 1 atom stereocenters. The van der Waals surface area contributed by atoms with Gasteiger partial charge in [0.25, 0.3) is 0 Å². The van der Waals surface area contributed by atoms with E-state index in [1.165, 1.54) is 19.3 Å². The summed E-state index contributed by atoms with van der Waals surface area (Å²) in [6, 6.07) is 0.834. The van der Waals surface area contributed by atoms with E-state index in [0.717, 1.165) is 57.9 Å². The topological polar surface area (TPSA) is 40.1 Å². The van der Waals surface area contributed by atoms with E-state index in [4.69, 9.17) is 9.73 Å². The lowest BCUT2D eigenvalue weighted by molar-refractivity contribution is 0.181. The van der Waals surface area contributed by atoms with E-state index in [0.29, 0.717) is 5.92 Å². The van der Waals surface area contributed by atoms with E-state index < -0.39 is 0 Å². The standard InChI is InChI=1S/C16H32N4O.HI/c1-4-17-16(19(3)12-14-8-11-21-13-14)18-9-10-20(5-2)15-6-7-15;/h14-15H,4-13H2,1-3H3,(H,17,18);1H. The van der Waals surface area contributed by atoms with Crippen molar-refractivity contribution in [2.75, 3.05) is 53.0 Å². The summed E-state index contributed by atoms with van der Waals surface area (Å²) in [5.74, 6) is 1.69. The number of rotatable bonds is 8. The third-order valence-corrected chi connectivity index (χ3v) is 4.37. The van der Waals surface area contributed by atoms with E-state index in [1.54, 1.807) is 0 Å². The molecule has 1 unspecified atom stereocenters. The molecule has 1 heterocycles. The number of nitrogens with zero attached hydrogens (tertiary/aromatic N) is 3.